The highest BCUT2D eigenvalue weighted by atomic mass is 79.9. The highest BCUT2D eigenvalue weighted by Crippen LogP contribution is 2.31. The molecule has 0 amide bonds. The molecule has 0 bridgehead atoms. The molecule has 4 rings (SSSR count). The van der Waals surface area contributed by atoms with E-state index in [1.54, 1.807) is 12.1 Å². The van der Waals surface area contributed by atoms with Crippen LogP contribution in [-0.2, 0) is 0 Å². The zero-order valence-corrected chi connectivity index (χ0v) is 14.2. The van der Waals surface area contributed by atoms with Gasteiger partial charge in [0.2, 0.25) is 0 Å². The van der Waals surface area contributed by atoms with Gasteiger partial charge in [-0.2, -0.15) is 0 Å². The van der Waals surface area contributed by atoms with Crippen LogP contribution in [0.3, 0.4) is 0 Å². The molecule has 2 nitrogen and oxygen atoms in total. The molecule has 0 N–H and O–H groups in total. The van der Waals surface area contributed by atoms with Crippen molar-refractivity contribution in [2.24, 2.45) is 0 Å². The summed E-state index contributed by atoms with van der Waals surface area (Å²) < 4.78 is 14.3. The Bertz CT molecular complexity index is 928. The minimum Gasteiger partial charge on any atom is -0.244 e. The van der Waals surface area contributed by atoms with Gasteiger partial charge < -0.3 is 0 Å². The zero-order chi connectivity index (χ0) is 16.5. The maximum Gasteiger partial charge on any atom is 0.123 e. The minimum absolute atomic E-state index is 0.266. The summed E-state index contributed by atoms with van der Waals surface area (Å²) in [5, 5.41) is 0. The molecule has 4 heteroatoms. The first-order valence-corrected chi connectivity index (χ1v) is 8.29. The smallest absolute Gasteiger partial charge is 0.123 e. The molecule has 0 aliphatic carbocycles. The van der Waals surface area contributed by atoms with Gasteiger partial charge in [0.1, 0.15) is 5.82 Å². The van der Waals surface area contributed by atoms with Gasteiger partial charge in [-0.15, -0.1) is 0 Å². The molecule has 116 valence electrons. The molecule has 0 unspecified atom stereocenters. The number of benzene rings is 3. The Morgan fingerprint density at radius 1 is 0.625 bits per heavy atom. The van der Waals surface area contributed by atoms with Crippen LogP contribution < -0.4 is 0 Å². The van der Waals surface area contributed by atoms with Crippen molar-refractivity contribution in [2.75, 3.05) is 0 Å². The minimum atomic E-state index is -0.266. The molecule has 0 radical (unpaired) electrons. The van der Waals surface area contributed by atoms with Crippen LogP contribution >= 0.6 is 15.9 Å². The molecule has 0 fully saturated rings. The maximum atomic E-state index is 13.3. The summed E-state index contributed by atoms with van der Waals surface area (Å²) in [6.45, 7) is 0. The van der Waals surface area contributed by atoms with Gasteiger partial charge >= 0.3 is 0 Å². The molecule has 0 atom stereocenters. The van der Waals surface area contributed by atoms with E-state index in [-0.39, 0.29) is 5.82 Å². The Morgan fingerprint density at radius 2 is 1.08 bits per heavy atom. The van der Waals surface area contributed by atoms with Gasteiger partial charge in [-0.05, 0) is 48.5 Å². The fraction of sp³-hybridized carbons (Fsp3) is 0. The number of halogens is 2. The van der Waals surface area contributed by atoms with E-state index in [1.165, 1.54) is 12.1 Å². The Morgan fingerprint density at radius 3 is 1.58 bits per heavy atom. The third-order valence-electron chi connectivity index (χ3n) is 3.81. The monoisotopic (exact) mass is 378 g/mol. The molecule has 0 saturated heterocycles. The second-order valence-corrected chi connectivity index (χ2v) is 6.34. The summed E-state index contributed by atoms with van der Waals surface area (Å²) in [6.07, 6.45) is 0. The highest BCUT2D eigenvalue weighted by Gasteiger charge is 2.13. The summed E-state index contributed by atoms with van der Waals surface area (Å²) in [5.41, 5.74) is 4.99. The van der Waals surface area contributed by atoms with Crippen molar-refractivity contribution in [3.63, 3.8) is 0 Å². The standard InChI is InChI=1S/C20H12BrFN2/c21-15-9-5-13(6-10-15)19-20(14-7-11-16(22)12-8-14)24-18-4-2-1-3-17(18)23-19/h1-12H. The fourth-order valence-corrected chi connectivity index (χ4v) is 2.88. The largest absolute Gasteiger partial charge is 0.244 e. The lowest BCUT2D eigenvalue weighted by molar-refractivity contribution is 0.628. The summed E-state index contributed by atoms with van der Waals surface area (Å²) in [5.74, 6) is -0.266. The first kappa shape index (κ1) is 15.0. The number of nitrogens with zero attached hydrogens (tertiary/aromatic N) is 2. The van der Waals surface area contributed by atoms with E-state index in [0.717, 1.165) is 38.0 Å². The second-order valence-electron chi connectivity index (χ2n) is 5.42. The van der Waals surface area contributed by atoms with Gasteiger partial charge in [-0.25, -0.2) is 14.4 Å². The lowest BCUT2D eigenvalue weighted by atomic mass is 10.0. The number of hydrogen-bond acceptors (Lipinski definition) is 2. The third-order valence-corrected chi connectivity index (χ3v) is 4.33. The first-order chi connectivity index (χ1) is 11.7. The predicted octanol–water partition coefficient (Wildman–Crippen LogP) is 5.87. The van der Waals surface area contributed by atoms with E-state index in [0.29, 0.717) is 0 Å². The lowest BCUT2D eigenvalue weighted by Gasteiger charge is -2.10. The van der Waals surface area contributed by atoms with E-state index in [1.807, 2.05) is 48.5 Å². The van der Waals surface area contributed by atoms with Crippen molar-refractivity contribution in [2.45, 2.75) is 0 Å². The molecule has 1 heterocycles. The molecule has 24 heavy (non-hydrogen) atoms. The number of aromatic nitrogens is 2. The second kappa shape index (κ2) is 6.13. The first-order valence-electron chi connectivity index (χ1n) is 7.49. The Balaban J connectivity index is 2.00. The van der Waals surface area contributed by atoms with E-state index < -0.39 is 0 Å². The molecule has 4 aromatic rings. The Labute approximate surface area is 147 Å². The average Bonchev–Trinajstić information content (AvgIpc) is 2.62. The molecule has 1 aromatic heterocycles. The summed E-state index contributed by atoms with van der Waals surface area (Å²) in [7, 11) is 0. The van der Waals surface area contributed by atoms with Crippen molar-refractivity contribution in [3.05, 3.63) is 83.1 Å². The molecular formula is C20H12BrFN2. The third kappa shape index (κ3) is 2.81. The normalized spacial score (nSPS) is 10.9. The number of hydrogen-bond donors (Lipinski definition) is 0. The van der Waals surface area contributed by atoms with Gasteiger partial charge in [0.25, 0.3) is 0 Å². The van der Waals surface area contributed by atoms with Gasteiger partial charge in [0.05, 0.1) is 22.4 Å². The van der Waals surface area contributed by atoms with Gasteiger partial charge in [-0.3, -0.25) is 0 Å². The van der Waals surface area contributed by atoms with Crippen LogP contribution in [0.5, 0.6) is 0 Å². The van der Waals surface area contributed by atoms with Crippen LogP contribution in [0.15, 0.2) is 77.3 Å². The van der Waals surface area contributed by atoms with Gasteiger partial charge in [-0.1, -0.05) is 40.2 Å². The van der Waals surface area contributed by atoms with Crippen molar-refractivity contribution >= 4 is 27.0 Å². The fourth-order valence-electron chi connectivity index (χ4n) is 2.62. The van der Waals surface area contributed by atoms with Crippen LogP contribution in [0.25, 0.3) is 33.5 Å². The summed E-state index contributed by atoms with van der Waals surface area (Å²) >= 11 is 3.45. The van der Waals surface area contributed by atoms with Gasteiger partial charge in [0, 0.05) is 15.6 Å². The van der Waals surface area contributed by atoms with Gasteiger partial charge in [0.15, 0.2) is 0 Å². The van der Waals surface area contributed by atoms with E-state index in [2.05, 4.69) is 15.9 Å². The SMILES string of the molecule is Fc1ccc(-c2nc3ccccc3nc2-c2ccc(Br)cc2)cc1. The highest BCUT2D eigenvalue weighted by molar-refractivity contribution is 9.10. The van der Waals surface area contributed by atoms with Crippen LogP contribution in [0, 0.1) is 5.82 Å². The van der Waals surface area contributed by atoms with Crippen LogP contribution in [0.4, 0.5) is 4.39 Å². The number of fused-ring (bicyclic) bond motifs is 1. The molecule has 0 saturated carbocycles. The average molecular weight is 379 g/mol. The van der Waals surface area contributed by atoms with Crippen molar-refractivity contribution in [1.82, 2.24) is 9.97 Å². The predicted molar refractivity (Wildman–Crippen MR) is 98.1 cm³/mol. The van der Waals surface area contributed by atoms with E-state index in [9.17, 15) is 4.39 Å². The Hall–Kier alpha value is -2.59. The zero-order valence-electron chi connectivity index (χ0n) is 12.6. The molecular weight excluding hydrogens is 367 g/mol. The van der Waals surface area contributed by atoms with Crippen molar-refractivity contribution in [1.29, 1.82) is 0 Å². The topological polar surface area (TPSA) is 25.8 Å². The van der Waals surface area contributed by atoms with E-state index in [4.69, 9.17) is 9.97 Å². The maximum absolute atomic E-state index is 13.3. The molecule has 0 aliphatic heterocycles. The number of rotatable bonds is 2. The quantitative estimate of drug-likeness (QED) is 0.436. The molecule has 0 spiro atoms. The van der Waals surface area contributed by atoms with Crippen LogP contribution in [0.2, 0.25) is 0 Å². The van der Waals surface area contributed by atoms with E-state index >= 15 is 0 Å². The molecule has 0 aliphatic rings. The van der Waals surface area contributed by atoms with Crippen LogP contribution in [0.1, 0.15) is 0 Å². The number of para-hydroxylation sites is 2. The Kier molecular flexibility index (Phi) is 3.82. The summed E-state index contributed by atoms with van der Waals surface area (Å²) in [4.78, 5) is 9.58. The molecule has 3 aromatic carbocycles. The lowest BCUT2D eigenvalue weighted by Crippen LogP contribution is -1.95. The van der Waals surface area contributed by atoms with Crippen molar-refractivity contribution in [3.8, 4) is 22.5 Å². The summed E-state index contributed by atoms with van der Waals surface area (Å²) in [6, 6.07) is 22.0. The van der Waals surface area contributed by atoms with Crippen molar-refractivity contribution < 1.29 is 4.39 Å². The van der Waals surface area contributed by atoms with Crippen LogP contribution in [-0.4, -0.2) is 9.97 Å².